The summed E-state index contributed by atoms with van der Waals surface area (Å²) in [5.74, 6) is 0.893. The number of rotatable bonds is 3. The molecule has 0 spiro atoms. The molecular formula is C10H14Cl2N2S. The fraction of sp³-hybridized carbons (Fsp3) is 0.500. The van der Waals surface area contributed by atoms with E-state index in [0.29, 0.717) is 27.0 Å². The molecule has 84 valence electrons. The average Bonchev–Trinajstić information content (AvgIpc) is 2.13. The van der Waals surface area contributed by atoms with Gasteiger partial charge in [0.1, 0.15) is 10.8 Å². The Morgan fingerprint density at radius 2 is 1.87 bits per heavy atom. The van der Waals surface area contributed by atoms with Crippen molar-refractivity contribution in [2.75, 3.05) is 5.73 Å². The van der Waals surface area contributed by atoms with E-state index >= 15 is 0 Å². The maximum Gasteiger partial charge on any atom is 0.143 e. The number of anilines is 1. The number of pyridine rings is 1. The molecule has 0 radical (unpaired) electrons. The normalized spacial score (nSPS) is 13.2. The minimum Gasteiger partial charge on any atom is -0.382 e. The third-order valence-electron chi connectivity index (χ3n) is 2.16. The number of nitrogen functional groups attached to an aromatic ring is 1. The van der Waals surface area contributed by atoms with Gasteiger partial charge in [-0.2, -0.15) is 0 Å². The lowest BCUT2D eigenvalue weighted by Gasteiger charge is -2.15. The van der Waals surface area contributed by atoms with Gasteiger partial charge < -0.3 is 5.73 Å². The minimum absolute atomic E-state index is 0.333. The summed E-state index contributed by atoms with van der Waals surface area (Å²) in [5.41, 5.74) is 5.63. The van der Waals surface area contributed by atoms with Crippen LogP contribution in [0.5, 0.6) is 0 Å². The molecule has 0 saturated heterocycles. The van der Waals surface area contributed by atoms with Crippen LogP contribution in [0.2, 0.25) is 10.0 Å². The Labute approximate surface area is 105 Å². The second-order valence-corrected chi connectivity index (χ2v) is 5.89. The summed E-state index contributed by atoms with van der Waals surface area (Å²) in [5, 5.41) is 2.16. The smallest absolute Gasteiger partial charge is 0.143 e. The predicted octanol–water partition coefficient (Wildman–Crippen LogP) is 4.11. The highest BCUT2D eigenvalue weighted by Crippen LogP contribution is 2.34. The Balaban J connectivity index is 2.91. The van der Waals surface area contributed by atoms with Crippen LogP contribution in [0.4, 0.5) is 5.82 Å². The Bertz CT molecular complexity index is 356. The summed E-state index contributed by atoms with van der Waals surface area (Å²) in [6, 6.07) is 1.64. The third-order valence-corrected chi connectivity index (χ3v) is 4.31. The van der Waals surface area contributed by atoms with Crippen molar-refractivity contribution in [3.8, 4) is 0 Å². The fourth-order valence-corrected chi connectivity index (χ4v) is 2.30. The highest BCUT2D eigenvalue weighted by Gasteiger charge is 2.14. The van der Waals surface area contributed by atoms with E-state index < -0.39 is 0 Å². The van der Waals surface area contributed by atoms with Crippen molar-refractivity contribution in [1.29, 1.82) is 0 Å². The molecule has 0 aliphatic rings. The summed E-state index contributed by atoms with van der Waals surface area (Å²) in [6.45, 7) is 6.45. The summed E-state index contributed by atoms with van der Waals surface area (Å²) in [7, 11) is 0. The van der Waals surface area contributed by atoms with Gasteiger partial charge in [0.25, 0.3) is 0 Å². The van der Waals surface area contributed by atoms with Crippen LogP contribution in [0, 0.1) is 5.92 Å². The summed E-state index contributed by atoms with van der Waals surface area (Å²) >= 11 is 13.5. The Kier molecular flexibility index (Phi) is 4.56. The van der Waals surface area contributed by atoms with Gasteiger partial charge in [0.05, 0.1) is 10.0 Å². The SMILES string of the molecule is CC(C)C(C)Sc1nc(N)c(Cl)cc1Cl. The highest BCUT2D eigenvalue weighted by molar-refractivity contribution is 8.00. The van der Waals surface area contributed by atoms with Crippen molar-refractivity contribution >= 4 is 40.8 Å². The molecule has 15 heavy (non-hydrogen) atoms. The van der Waals surface area contributed by atoms with Gasteiger partial charge in [-0.3, -0.25) is 0 Å². The molecule has 0 saturated carbocycles. The number of nitrogens with zero attached hydrogens (tertiary/aromatic N) is 1. The third kappa shape index (κ3) is 3.44. The highest BCUT2D eigenvalue weighted by atomic mass is 35.5. The zero-order valence-electron chi connectivity index (χ0n) is 8.92. The predicted molar refractivity (Wildman–Crippen MR) is 68.8 cm³/mol. The lowest BCUT2D eigenvalue weighted by atomic mass is 10.2. The average molecular weight is 265 g/mol. The molecular weight excluding hydrogens is 251 g/mol. The van der Waals surface area contributed by atoms with Crippen molar-refractivity contribution < 1.29 is 0 Å². The van der Waals surface area contributed by atoms with Gasteiger partial charge in [-0.05, 0) is 12.0 Å². The fourth-order valence-electron chi connectivity index (χ4n) is 0.858. The van der Waals surface area contributed by atoms with Crippen LogP contribution in [-0.2, 0) is 0 Å². The van der Waals surface area contributed by atoms with E-state index in [0.717, 1.165) is 5.03 Å². The van der Waals surface area contributed by atoms with Gasteiger partial charge in [-0.15, -0.1) is 11.8 Å². The van der Waals surface area contributed by atoms with E-state index in [-0.39, 0.29) is 0 Å². The van der Waals surface area contributed by atoms with E-state index in [2.05, 4.69) is 25.8 Å². The van der Waals surface area contributed by atoms with Crippen LogP contribution in [-0.4, -0.2) is 10.2 Å². The number of halogens is 2. The van der Waals surface area contributed by atoms with Gasteiger partial charge >= 0.3 is 0 Å². The Hall–Kier alpha value is -0.120. The first-order valence-corrected chi connectivity index (χ1v) is 6.33. The Morgan fingerprint density at radius 1 is 1.27 bits per heavy atom. The molecule has 2 nitrogen and oxygen atoms in total. The topological polar surface area (TPSA) is 38.9 Å². The molecule has 1 aromatic heterocycles. The van der Waals surface area contributed by atoms with Crippen LogP contribution in [0.15, 0.2) is 11.1 Å². The number of nitrogens with two attached hydrogens (primary N) is 1. The lowest BCUT2D eigenvalue weighted by Crippen LogP contribution is -2.06. The van der Waals surface area contributed by atoms with Crippen molar-refractivity contribution in [2.45, 2.75) is 31.0 Å². The van der Waals surface area contributed by atoms with Gasteiger partial charge in [-0.25, -0.2) is 4.98 Å². The molecule has 2 N–H and O–H groups in total. The molecule has 1 atom stereocenters. The standard InChI is InChI=1S/C10H14Cl2N2S/c1-5(2)6(3)15-10-8(12)4-7(11)9(13)14-10/h4-6H,1-3H3,(H2,13,14). The molecule has 0 amide bonds. The summed E-state index contributed by atoms with van der Waals surface area (Å²) < 4.78 is 0. The monoisotopic (exact) mass is 264 g/mol. The first-order chi connectivity index (χ1) is 6.91. The molecule has 0 fully saturated rings. The molecule has 1 unspecified atom stereocenters. The molecule has 5 heteroatoms. The van der Waals surface area contributed by atoms with Gasteiger partial charge in [0.2, 0.25) is 0 Å². The van der Waals surface area contributed by atoms with E-state index in [4.69, 9.17) is 28.9 Å². The van der Waals surface area contributed by atoms with Crippen LogP contribution >= 0.6 is 35.0 Å². The quantitative estimate of drug-likeness (QED) is 0.836. The van der Waals surface area contributed by atoms with Crippen LogP contribution < -0.4 is 5.73 Å². The van der Waals surface area contributed by atoms with Crippen molar-refractivity contribution in [3.63, 3.8) is 0 Å². The van der Waals surface area contributed by atoms with E-state index in [1.165, 1.54) is 0 Å². The number of hydrogen-bond acceptors (Lipinski definition) is 3. The zero-order valence-corrected chi connectivity index (χ0v) is 11.2. The van der Waals surface area contributed by atoms with Crippen molar-refractivity contribution in [3.05, 3.63) is 16.1 Å². The minimum atomic E-state index is 0.333. The summed E-state index contributed by atoms with van der Waals surface area (Å²) in [6.07, 6.45) is 0. The lowest BCUT2D eigenvalue weighted by molar-refractivity contribution is 0.641. The molecule has 0 aliphatic heterocycles. The molecule has 1 aromatic rings. The first-order valence-electron chi connectivity index (χ1n) is 4.70. The maximum atomic E-state index is 6.03. The second kappa shape index (κ2) is 5.28. The number of thioether (sulfide) groups is 1. The van der Waals surface area contributed by atoms with Crippen LogP contribution in [0.1, 0.15) is 20.8 Å². The van der Waals surface area contributed by atoms with Gasteiger partial charge in [0.15, 0.2) is 0 Å². The van der Waals surface area contributed by atoms with E-state index in [1.807, 2.05) is 0 Å². The van der Waals surface area contributed by atoms with Gasteiger partial charge in [0, 0.05) is 5.25 Å². The molecule has 0 aromatic carbocycles. The maximum absolute atomic E-state index is 6.03. The first kappa shape index (κ1) is 12.9. The molecule has 1 heterocycles. The summed E-state index contributed by atoms with van der Waals surface area (Å²) in [4.78, 5) is 4.17. The number of aromatic nitrogens is 1. The molecule has 1 rings (SSSR count). The molecule has 0 bridgehead atoms. The second-order valence-electron chi connectivity index (χ2n) is 3.71. The van der Waals surface area contributed by atoms with E-state index in [1.54, 1.807) is 17.8 Å². The van der Waals surface area contributed by atoms with Crippen molar-refractivity contribution in [2.24, 2.45) is 5.92 Å². The van der Waals surface area contributed by atoms with E-state index in [9.17, 15) is 0 Å². The number of hydrogen-bond donors (Lipinski definition) is 1. The van der Waals surface area contributed by atoms with Crippen LogP contribution in [0.25, 0.3) is 0 Å². The largest absolute Gasteiger partial charge is 0.382 e. The zero-order chi connectivity index (χ0) is 11.6. The van der Waals surface area contributed by atoms with Gasteiger partial charge in [-0.1, -0.05) is 44.0 Å². The Morgan fingerprint density at radius 3 is 2.40 bits per heavy atom. The van der Waals surface area contributed by atoms with Crippen molar-refractivity contribution in [1.82, 2.24) is 4.98 Å². The van der Waals surface area contributed by atoms with Crippen LogP contribution in [0.3, 0.4) is 0 Å². The molecule has 0 aliphatic carbocycles.